The second-order valence-electron chi connectivity index (χ2n) is 6.86. The van der Waals surface area contributed by atoms with Gasteiger partial charge < -0.3 is 10.6 Å². The third kappa shape index (κ3) is 7.78. The van der Waals surface area contributed by atoms with E-state index in [4.69, 9.17) is 0 Å². The fourth-order valence-corrected chi connectivity index (χ4v) is 3.67. The summed E-state index contributed by atoms with van der Waals surface area (Å²) in [6.45, 7) is 15.3. The Morgan fingerprint density at radius 1 is 0.889 bits per heavy atom. The van der Waals surface area contributed by atoms with E-state index in [0.717, 1.165) is 19.8 Å². The average molecular weight is 542 g/mol. The second-order valence-corrected chi connectivity index (χ2v) is 7.86. The molecule has 0 amide bonds. The van der Waals surface area contributed by atoms with Crippen molar-refractivity contribution in [3.63, 3.8) is 0 Å². The van der Waals surface area contributed by atoms with Gasteiger partial charge in [-0.3, -0.25) is 0 Å². The first-order chi connectivity index (χ1) is 12.8. The van der Waals surface area contributed by atoms with Crippen LogP contribution in [0.4, 0.5) is 11.4 Å². The summed E-state index contributed by atoms with van der Waals surface area (Å²) in [5.41, 5.74) is 9.96. The summed E-state index contributed by atoms with van der Waals surface area (Å²) in [5.74, 6) is 0. The van der Waals surface area contributed by atoms with Gasteiger partial charge in [-0.1, -0.05) is 44.2 Å². The molecule has 2 N–H and O–H groups in total. The van der Waals surface area contributed by atoms with Gasteiger partial charge in [0, 0.05) is 34.9 Å². The van der Waals surface area contributed by atoms with Gasteiger partial charge in [0.2, 0.25) is 0 Å². The van der Waals surface area contributed by atoms with Gasteiger partial charge in [-0.25, -0.2) is 3.93 Å². The fraction of sp³-hybridized carbons (Fsp3) is 0.429. The summed E-state index contributed by atoms with van der Waals surface area (Å²) in [6, 6.07) is 9.99. The Hall–Kier alpha value is -0.534. The van der Waals surface area contributed by atoms with Crippen LogP contribution in [0.2, 0.25) is 0 Å². The quantitative estimate of drug-likeness (QED) is 0.245. The minimum atomic E-state index is 0.742. The first-order valence-electron chi connectivity index (χ1n) is 8.87. The molecule has 0 atom stereocenters. The SMILES string of the molecule is Cc1[c-]c(C)c(NCN(Br)CCNc2c(C)cc(C)cc2C)c(C)c1.[Co+][Br]. The Kier molecular flexibility index (Phi) is 11.0. The third-order valence-corrected chi connectivity index (χ3v) is 4.95. The predicted octanol–water partition coefficient (Wildman–Crippen LogP) is 6.27. The van der Waals surface area contributed by atoms with Gasteiger partial charge in [-0.15, -0.1) is 11.1 Å². The molecule has 2 rings (SSSR count). The monoisotopic (exact) mass is 540 g/mol. The molecule has 0 aromatic heterocycles. The van der Waals surface area contributed by atoms with Crippen molar-refractivity contribution in [1.82, 2.24) is 3.93 Å². The Labute approximate surface area is 188 Å². The molecule has 0 saturated carbocycles. The van der Waals surface area contributed by atoms with Crippen LogP contribution in [0, 0.1) is 47.6 Å². The average Bonchev–Trinajstić information content (AvgIpc) is 2.58. The zero-order valence-corrected chi connectivity index (χ0v) is 21.1. The zero-order valence-electron chi connectivity index (χ0n) is 16.9. The Balaban J connectivity index is 0.00000176. The number of anilines is 2. The molecule has 6 heteroatoms. The Bertz CT molecular complexity index is 704. The number of aryl methyl sites for hydroxylation is 6. The first kappa shape index (κ1) is 24.5. The molecule has 0 spiro atoms. The van der Waals surface area contributed by atoms with Crippen molar-refractivity contribution in [2.45, 2.75) is 41.5 Å². The molecule has 0 heterocycles. The predicted molar refractivity (Wildman–Crippen MR) is 122 cm³/mol. The summed E-state index contributed by atoms with van der Waals surface area (Å²) in [5, 5.41) is 7.07. The van der Waals surface area contributed by atoms with Crippen LogP contribution in [-0.4, -0.2) is 23.7 Å². The van der Waals surface area contributed by atoms with Crippen LogP contribution < -0.4 is 10.6 Å². The van der Waals surface area contributed by atoms with Crippen molar-refractivity contribution < 1.29 is 13.9 Å². The standard InChI is InChI=1S/C21H29BrN3.BrH.Co/c1-14-9-16(3)20(17(4)10-14)23-7-8-25(22)13-24-21-18(5)11-15(2)12-19(21)6;;/h9-11,23-24H,7-8,13H2,1-6H3;1H;/q-1;;+2/p-1. The molecule has 27 heavy (non-hydrogen) atoms. The summed E-state index contributed by atoms with van der Waals surface area (Å²) in [4.78, 5) is 0. The normalized spacial score (nSPS) is 10.4. The molecule has 0 aliphatic carbocycles. The van der Waals surface area contributed by atoms with Gasteiger partial charge >= 0.3 is 28.1 Å². The van der Waals surface area contributed by atoms with Crippen LogP contribution in [0.25, 0.3) is 0 Å². The van der Waals surface area contributed by atoms with Gasteiger partial charge in [0.05, 0.1) is 6.67 Å². The van der Waals surface area contributed by atoms with E-state index in [2.05, 4.69) is 125 Å². The molecule has 0 aliphatic rings. The maximum atomic E-state index is 3.64. The third-order valence-electron chi connectivity index (χ3n) is 4.35. The molecular formula is C21H29Br2CoN3. The first-order valence-corrected chi connectivity index (χ1v) is 12.1. The molecule has 2 aromatic rings. The van der Waals surface area contributed by atoms with E-state index in [1.165, 1.54) is 44.8 Å². The van der Waals surface area contributed by atoms with Crippen LogP contribution >= 0.6 is 30.3 Å². The van der Waals surface area contributed by atoms with Crippen LogP contribution in [-0.2, 0) is 13.9 Å². The molecule has 0 bridgehead atoms. The van der Waals surface area contributed by atoms with E-state index in [1.807, 2.05) is 0 Å². The minimum absolute atomic E-state index is 0.742. The number of hydrogen-bond donors (Lipinski definition) is 2. The number of rotatable bonds is 7. The molecule has 151 valence electrons. The van der Waals surface area contributed by atoms with Crippen molar-refractivity contribution in [3.8, 4) is 0 Å². The maximum absolute atomic E-state index is 3.64. The van der Waals surface area contributed by atoms with Crippen LogP contribution in [0.1, 0.15) is 33.4 Å². The van der Waals surface area contributed by atoms with E-state index in [-0.39, 0.29) is 0 Å². The van der Waals surface area contributed by atoms with Gasteiger partial charge in [0.25, 0.3) is 0 Å². The van der Waals surface area contributed by atoms with Crippen LogP contribution in [0.3, 0.4) is 0 Å². The van der Waals surface area contributed by atoms with E-state index in [9.17, 15) is 0 Å². The number of nitrogens with one attached hydrogen (secondary N) is 2. The van der Waals surface area contributed by atoms with Gasteiger partial charge in [-0.05, 0) is 31.9 Å². The number of hydrogen-bond acceptors (Lipinski definition) is 3. The zero-order chi connectivity index (χ0) is 20.6. The van der Waals surface area contributed by atoms with Crippen LogP contribution in [0.15, 0.2) is 18.2 Å². The second kappa shape index (κ2) is 12.1. The number of benzene rings is 2. The number of nitrogens with zero attached hydrogens (tertiary/aromatic N) is 1. The molecule has 0 unspecified atom stereocenters. The van der Waals surface area contributed by atoms with Crippen molar-refractivity contribution in [2.75, 3.05) is 30.4 Å². The topological polar surface area (TPSA) is 27.3 Å². The van der Waals surface area contributed by atoms with Crippen LogP contribution in [0.5, 0.6) is 0 Å². The van der Waals surface area contributed by atoms with Crippen molar-refractivity contribution in [1.29, 1.82) is 0 Å². The Morgan fingerprint density at radius 2 is 1.44 bits per heavy atom. The van der Waals surface area contributed by atoms with E-state index >= 15 is 0 Å². The fourth-order valence-electron chi connectivity index (χ4n) is 3.36. The molecule has 2 aromatic carbocycles. The van der Waals surface area contributed by atoms with E-state index in [1.54, 1.807) is 0 Å². The summed E-state index contributed by atoms with van der Waals surface area (Å²) in [6.07, 6.45) is 0. The molecule has 0 fully saturated rings. The summed E-state index contributed by atoms with van der Waals surface area (Å²) < 4.78 is 2.11. The van der Waals surface area contributed by atoms with Gasteiger partial charge in [0.15, 0.2) is 0 Å². The summed E-state index contributed by atoms with van der Waals surface area (Å²) in [7, 11) is 0. The van der Waals surface area contributed by atoms with Crippen molar-refractivity contribution >= 4 is 41.7 Å². The molecule has 0 saturated heterocycles. The molecular weight excluding hydrogens is 513 g/mol. The molecule has 0 aliphatic heterocycles. The van der Waals surface area contributed by atoms with Gasteiger partial charge in [-0.2, -0.15) is 17.7 Å². The van der Waals surface area contributed by atoms with E-state index in [0.29, 0.717) is 0 Å². The van der Waals surface area contributed by atoms with Crippen molar-refractivity contribution in [2.24, 2.45) is 0 Å². The number of halogens is 2. The van der Waals surface area contributed by atoms with E-state index < -0.39 is 0 Å². The summed E-state index contributed by atoms with van der Waals surface area (Å²) >= 11 is 9.64. The van der Waals surface area contributed by atoms with Gasteiger partial charge in [0.1, 0.15) is 0 Å². The Morgan fingerprint density at radius 3 is 2.00 bits per heavy atom. The molecule has 3 nitrogen and oxygen atoms in total. The van der Waals surface area contributed by atoms with Crippen molar-refractivity contribution in [3.05, 3.63) is 57.6 Å². The molecule has 0 radical (unpaired) electrons.